The molecule has 2 aromatic heterocycles. The van der Waals surface area contributed by atoms with Crippen LogP contribution in [0.5, 0.6) is 0 Å². The molecule has 1 aliphatic heterocycles. The van der Waals surface area contributed by atoms with Crippen LogP contribution >= 0.6 is 0 Å². The number of carboxylic acids is 1. The molecule has 0 bridgehead atoms. The molecule has 1 atom stereocenters. The lowest BCUT2D eigenvalue weighted by Gasteiger charge is -2.33. The first-order valence-electron chi connectivity index (χ1n) is 10.7. The summed E-state index contributed by atoms with van der Waals surface area (Å²) in [7, 11) is 2.04. The van der Waals surface area contributed by atoms with E-state index in [9.17, 15) is 18.0 Å². The number of nitrogens with one attached hydrogen (secondary N) is 1. The van der Waals surface area contributed by atoms with Crippen LogP contribution in [0.4, 0.5) is 13.2 Å². The number of nitrogens with zero attached hydrogens (tertiary/aromatic N) is 4. The second kappa shape index (κ2) is 11.0. The zero-order chi connectivity index (χ0) is 24.7. The van der Waals surface area contributed by atoms with Crippen molar-refractivity contribution in [3.63, 3.8) is 0 Å². The van der Waals surface area contributed by atoms with Crippen LogP contribution in [0.3, 0.4) is 0 Å². The molecule has 1 saturated heterocycles. The number of carbonyl (C=O) groups excluding carboxylic acids is 1. The van der Waals surface area contributed by atoms with E-state index in [1.165, 1.54) is 5.69 Å². The summed E-state index contributed by atoms with van der Waals surface area (Å²) in [5.41, 5.74) is 2.38. The molecular weight excluding hydrogens is 451 g/mol. The van der Waals surface area contributed by atoms with Gasteiger partial charge in [0.05, 0.1) is 12.2 Å². The van der Waals surface area contributed by atoms with E-state index in [4.69, 9.17) is 9.90 Å². The van der Waals surface area contributed by atoms with E-state index in [1.54, 1.807) is 6.20 Å². The molecule has 34 heavy (non-hydrogen) atoms. The predicted octanol–water partition coefficient (Wildman–Crippen LogP) is 3.70. The lowest BCUT2D eigenvalue weighted by molar-refractivity contribution is -0.192. The largest absolute Gasteiger partial charge is 0.490 e. The van der Waals surface area contributed by atoms with Gasteiger partial charge in [0, 0.05) is 56.8 Å². The average Bonchev–Trinajstić information content (AvgIpc) is 3.50. The molecule has 11 heteroatoms. The van der Waals surface area contributed by atoms with Gasteiger partial charge in [-0.3, -0.25) is 4.79 Å². The van der Waals surface area contributed by atoms with Crippen LogP contribution in [0.2, 0.25) is 0 Å². The molecule has 1 aliphatic rings. The standard InChI is InChI=1S/C21H25N5O.C2HF3O2/c1-25-15-22-14-19(25)17-7-11-26(12-8-17)20(27)13-18(21-23-9-10-24-21)16-5-3-2-4-6-16;3-2(4,5)1(6)7/h2-6,9-10,14-15,17-18H,7-8,11-13H2,1H3,(H,23,24);(H,6,7). The summed E-state index contributed by atoms with van der Waals surface area (Å²) in [6, 6.07) is 10.1. The van der Waals surface area contributed by atoms with Crippen molar-refractivity contribution in [3.8, 4) is 0 Å². The number of carboxylic acid groups (broad SMARTS) is 1. The van der Waals surface area contributed by atoms with Gasteiger partial charge in [0.2, 0.25) is 5.91 Å². The number of benzene rings is 1. The minimum Gasteiger partial charge on any atom is -0.475 e. The number of rotatable bonds is 5. The van der Waals surface area contributed by atoms with Gasteiger partial charge in [0.1, 0.15) is 5.82 Å². The summed E-state index contributed by atoms with van der Waals surface area (Å²) in [5, 5.41) is 7.12. The Morgan fingerprint density at radius 1 is 1.21 bits per heavy atom. The van der Waals surface area contributed by atoms with Crippen molar-refractivity contribution in [2.45, 2.75) is 37.3 Å². The molecule has 8 nitrogen and oxygen atoms in total. The van der Waals surface area contributed by atoms with Crippen molar-refractivity contribution in [3.05, 3.63) is 72.3 Å². The number of aromatic nitrogens is 4. The van der Waals surface area contributed by atoms with Gasteiger partial charge in [-0.2, -0.15) is 13.2 Å². The first-order valence-corrected chi connectivity index (χ1v) is 10.7. The second-order valence-corrected chi connectivity index (χ2v) is 8.03. The number of hydrogen-bond donors (Lipinski definition) is 2. The lowest BCUT2D eigenvalue weighted by atomic mass is 9.91. The van der Waals surface area contributed by atoms with Crippen LogP contribution < -0.4 is 0 Å². The Kier molecular flexibility index (Phi) is 8.08. The minimum atomic E-state index is -5.08. The summed E-state index contributed by atoms with van der Waals surface area (Å²) in [4.78, 5) is 35.7. The maximum absolute atomic E-state index is 13.0. The smallest absolute Gasteiger partial charge is 0.475 e. The third-order valence-electron chi connectivity index (χ3n) is 5.79. The summed E-state index contributed by atoms with van der Waals surface area (Å²) in [6.45, 7) is 1.60. The maximum atomic E-state index is 13.0. The van der Waals surface area contributed by atoms with Crippen molar-refractivity contribution in [2.75, 3.05) is 13.1 Å². The van der Waals surface area contributed by atoms with E-state index in [-0.39, 0.29) is 11.8 Å². The Balaban J connectivity index is 0.000000406. The van der Waals surface area contributed by atoms with Crippen LogP contribution in [0.25, 0.3) is 0 Å². The Labute approximate surface area is 194 Å². The monoisotopic (exact) mass is 477 g/mol. The van der Waals surface area contributed by atoms with E-state index in [1.807, 2.05) is 48.9 Å². The number of imidazole rings is 2. The first-order chi connectivity index (χ1) is 16.2. The first kappa shape index (κ1) is 25.0. The highest BCUT2D eigenvalue weighted by atomic mass is 19.4. The van der Waals surface area contributed by atoms with E-state index < -0.39 is 12.1 Å². The topological polar surface area (TPSA) is 104 Å². The highest BCUT2D eigenvalue weighted by molar-refractivity contribution is 5.77. The van der Waals surface area contributed by atoms with Gasteiger partial charge in [0.15, 0.2) is 0 Å². The maximum Gasteiger partial charge on any atom is 0.490 e. The highest BCUT2D eigenvalue weighted by Crippen LogP contribution is 2.30. The van der Waals surface area contributed by atoms with Gasteiger partial charge in [-0.15, -0.1) is 0 Å². The number of hydrogen-bond acceptors (Lipinski definition) is 4. The molecule has 1 unspecified atom stereocenters. The van der Waals surface area contributed by atoms with Crippen molar-refractivity contribution < 1.29 is 27.9 Å². The van der Waals surface area contributed by atoms with Gasteiger partial charge in [-0.05, 0) is 18.4 Å². The Bertz CT molecular complexity index is 1060. The van der Waals surface area contributed by atoms with Gasteiger partial charge in [-0.25, -0.2) is 14.8 Å². The number of aryl methyl sites for hydroxylation is 1. The molecule has 0 aliphatic carbocycles. The summed E-state index contributed by atoms with van der Waals surface area (Å²) in [6.07, 6.45) is 4.69. The van der Waals surface area contributed by atoms with Gasteiger partial charge in [-0.1, -0.05) is 30.3 Å². The van der Waals surface area contributed by atoms with E-state index in [0.717, 1.165) is 37.3 Å². The van der Waals surface area contributed by atoms with Crippen LogP contribution in [0, 0.1) is 0 Å². The van der Waals surface area contributed by atoms with Crippen LogP contribution in [0.15, 0.2) is 55.2 Å². The van der Waals surface area contributed by atoms with Crippen molar-refractivity contribution >= 4 is 11.9 Å². The van der Waals surface area contributed by atoms with Crippen molar-refractivity contribution in [1.82, 2.24) is 24.4 Å². The zero-order valence-corrected chi connectivity index (χ0v) is 18.6. The highest BCUT2D eigenvalue weighted by Gasteiger charge is 2.38. The molecule has 4 rings (SSSR count). The summed E-state index contributed by atoms with van der Waals surface area (Å²) < 4.78 is 33.8. The van der Waals surface area contributed by atoms with Crippen LogP contribution in [-0.2, 0) is 16.6 Å². The molecule has 2 N–H and O–H groups in total. The molecule has 1 amide bonds. The van der Waals surface area contributed by atoms with Crippen molar-refractivity contribution in [2.24, 2.45) is 7.05 Å². The number of aliphatic carboxylic acids is 1. The second-order valence-electron chi connectivity index (χ2n) is 8.03. The molecule has 3 aromatic rings. The number of piperidine rings is 1. The molecule has 0 radical (unpaired) electrons. The molecule has 1 fully saturated rings. The number of H-pyrrole nitrogens is 1. The average molecular weight is 477 g/mol. The van der Waals surface area contributed by atoms with Crippen LogP contribution in [0.1, 0.15) is 48.2 Å². The van der Waals surface area contributed by atoms with E-state index in [2.05, 4.69) is 31.7 Å². The summed E-state index contributed by atoms with van der Waals surface area (Å²) in [5.74, 6) is -1.27. The van der Waals surface area contributed by atoms with Crippen LogP contribution in [-0.4, -0.2) is 60.7 Å². The Morgan fingerprint density at radius 2 is 1.85 bits per heavy atom. The number of carbonyl (C=O) groups is 2. The molecule has 0 spiro atoms. The number of likely N-dealkylation sites (tertiary alicyclic amines) is 1. The van der Waals surface area contributed by atoms with E-state index >= 15 is 0 Å². The summed E-state index contributed by atoms with van der Waals surface area (Å²) >= 11 is 0. The van der Waals surface area contributed by atoms with Gasteiger partial charge < -0.3 is 19.6 Å². The molecule has 182 valence electrons. The molecule has 0 saturated carbocycles. The number of aromatic amines is 1. The van der Waals surface area contributed by atoms with Gasteiger partial charge in [0.25, 0.3) is 0 Å². The Hall–Kier alpha value is -3.63. The zero-order valence-electron chi connectivity index (χ0n) is 18.6. The fourth-order valence-corrected chi connectivity index (χ4v) is 4.01. The number of alkyl halides is 3. The lowest BCUT2D eigenvalue weighted by Crippen LogP contribution is -2.38. The number of halogens is 3. The fourth-order valence-electron chi connectivity index (χ4n) is 4.01. The fraction of sp³-hybridized carbons (Fsp3) is 0.391. The normalized spacial score (nSPS) is 15.4. The molecule has 3 heterocycles. The quantitative estimate of drug-likeness (QED) is 0.583. The third kappa shape index (κ3) is 6.46. The minimum absolute atomic E-state index is 0.0384. The Morgan fingerprint density at radius 3 is 2.35 bits per heavy atom. The van der Waals surface area contributed by atoms with Crippen molar-refractivity contribution in [1.29, 1.82) is 0 Å². The molecule has 1 aromatic carbocycles. The molecular formula is C23H26F3N5O3. The van der Waals surface area contributed by atoms with Gasteiger partial charge >= 0.3 is 12.1 Å². The number of amides is 1. The van der Waals surface area contributed by atoms with E-state index in [0.29, 0.717) is 12.3 Å². The SMILES string of the molecule is Cn1cncc1C1CCN(C(=O)CC(c2ccccc2)c2ncc[nH]2)CC1.O=C(O)C(F)(F)F. The predicted molar refractivity (Wildman–Crippen MR) is 117 cm³/mol. The third-order valence-corrected chi connectivity index (χ3v) is 5.79.